The van der Waals surface area contributed by atoms with Crippen LogP contribution in [-0.4, -0.2) is 31.6 Å². The van der Waals surface area contributed by atoms with Crippen LogP contribution < -0.4 is 14.2 Å². The maximum absolute atomic E-state index is 13.1. The van der Waals surface area contributed by atoms with Crippen LogP contribution in [-0.2, 0) is 10.0 Å². The van der Waals surface area contributed by atoms with Crippen LogP contribution in [0.15, 0.2) is 87.6 Å². The summed E-state index contributed by atoms with van der Waals surface area (Å²) in [6, 6.07) is 21.5. The van der Waals surface area contributed by atoms with Gasteiger partial charge in [-0.1, -0.05) is 42.1 Å². The highest BCUT2D eigenvalue weighted by molar-refractivity contribution is 7.99. The third-order valence-corrected chi connectivity index (χ3v) is 6.87. The largest absolute Gasteiger partial charge is 0.486 e. The molecule has 0 unspecified atom stereocenters. The smallest absolute Gasteiger partial charge is 0.263 e. The molecule has 156 valence electrons. The molecule has 0 saturated heterocycles. The lowest BCUT2D eigenvalue weighted by Gasteiger charge is -2.19. The standard InChI is InChI=1S/C22H17N3O4S2/c26-31(27,16-10-11-19-20(14-16)29-13-12-28-19)25-21-22(30-15-6-2-1-3-7-15)24-18-9-5-4-8-17(18)23-21/h1-11,14H,12-13H2,(H,23,25). The Morgan fingerprint density at radius 3 is 2.26 bits per heavy atom. The van der Waals surface area contributed by atoms with E-state index >= 15 is 0 Å². The molecule has 0 saturated carbocycles. The summed E-state index contributed by atoms with van der Waals surface area (Å²) in [5.74, 6) is 1.09. The van der Waals surface area contributed by atoms with E-state index in [0.29, 0.717) is 40.8 Å². The van der Waals surface area contributed by atoms with E-state index in [1.165, 1.54) is 23.9 Å². The first-order chi connectivity index (χ1) is 15.1. The first-order valence-electron chi connectivity index (χ1n) is 9.51. The number of anilines is 1. The summed E-state index contributed by atoms with van der Waals surface area (Å²) in [6.45, 7) is 0.808. The van der Waals surface area contributed by atoms with Gasteiger partial charge in [-0.15, -0.1) is 0 Å². The van der Waals surface area contributed by atoms with Gasteiger partial charge in [0.2, 0.25) is 0 Å². The fourth-order valence-corrected chi connectivity index (χ4v) is 5.04. The van der Waals surface area contributed by atoms with Crippen molar-refractivity contribution in [1.29, 1.82) is 0 Å². The van der Waals surface area contributed by atoms with Gasteiger partial charge < -0.3 is 9.47 Å². The number of nitrogens with one attached hydrogen (secondary N) is 1. The molecule has 0 amide bonds. The van der Waals surface area contributed by atoms with Crippen molar-refractivity contribution in [1.82, 2.24) is 9.97 Å². The number of sulfonamides is 1. The summed E-state index contributed by atoms with van der Waals surface area (Å²) >= 11 is 1.34. The Bertz CT molecular complexity index is 1360. The maximum atomic E-state index is 13.1. The summed E-state index contributed by atoms with van der Waals surface area (Å²) in [7, 11) is -3.93. The SMILES string of the molecule is O=S(=O)(Nc1nc2ccccc2nc1Sc1ccccc1)c1ccc2c(c1)OCCO2. The lowest BCUT2D eigenvalue weighted by molar-refractivity contribution is 0.171. The number of para-hydroxylation sites is 2. The van der Waals surface area contributed by atoms with Crippen LogP contribution >= 0.6 is 11.8 Å². The normalized spacial score (nSPS) is 13.2. The van der Waals surface area contributed by atoms with Gasteiger partial charge in [-0.25, -0.2) is 18.4 Å². The van der Waals surface area contributed by atoms with Gasteiger partial charge in [0.1, 0.15) is 18.2 Å². The molecule has 31 heavy (non-hydrogen) atoms. The Balaban J connectivity index is 1.54. The van der Waals surface area contributed by atoms with Crippen LogP contribution in [0.4, 0.5) is 5.82 Å². The summed E-state index contributed by atoms with van der Waals surface area (Å²) in [4.78, 5) is 10.2. The minimum Gasteiger partial charge on any atom is -0.486 e. The van der Waals surface area contributed by atoms with E-state index in [-0.39, 0.29) is 10.7 Å². The molecular formula is C22H17N3O4S2. The molecule has 0 fully saturated rings. The molecule has 5 rings (SSSR count). The molecule has 7 nitrogen and oxygen atoms in total. The fraction of sp³-hybridized carbons (Fsp3) is 0.0909. The van der Waals surface area contributed by atoms with Gasteiger partial charge in [0, 0.05) is 11.0 Å². The number of ether oxygens (including phenoxy) is 2. The number of aromatic nitrogens is 2. The predicted octanol–water partition coefficient (Wildman–Crippen LogP) is 4.35. The molecule has 0 atom stereocenters. The van der Waals surface area contributed by atoms with Crippen LogP contribution in [0, 0.1) is 0 Å². The highest BCUT2D eigenvalue weighted by Crippen LogP contribution is 2.35. The minimum atomic E-state index is -3.93. The Hall–Kier alpha value is -3.30. The van der Waals surface area contributed by atoms with E-state index in [9.17, 15) is 8.42 Å². The highest BCUT2D eigenvalue weighted by Gasteiger charge is 2.22. The van der Waals surface area contributed by atoms with Crippen LogP contribution in [0.3, 0.4) is 0 Å². The van der Waals surface area contributed by atoms with Crippen LogP contribution in [0.2, 0.25) is 0 Å². The molecule has 0 aliphatic carbocycles. The Labute approximate surface area is 183 Å². The third kappa shape index (κ3) is 4.14. The van der Waals surface area contributed by atoms with Gasteiger partial charge in [0.05, 0.1) is 15.9 Å². The molecule has 3 aromatic carbocycles. The van der Waals surface area contributed by atoms with Crippen molar-refractivity contribution in [2.75, 3.05) is 17.9 Å². The van der Waals surface area contributed by atoms with E-state index in [0.717, 1.165) is 4.90 Å². The second-order valence-corrected chi connectivity index (χ2v) is 9.44. The van der Waals surface area contributed by atoms with Crippen molar-refractivity contribution >= 4 is 38.6 Å². The molecular weight excluding hydrogens is 434 g/mol. The quantitative estimate of drug-likeness (QED) is 0.482. The average molecular weight is 452 g/mol. The zero-order chi connectivity index (χ0) is 21.3. The summed E-state index contributed by atoms with van der Waals surface area (Å²) in [6.07, 6.45) is 0. The molecule has 2 heterocycles. The monoisotopic (exact) mass is 451 g/mol. The van der Waals surface area contributed by atoms with Gasteiger partial charge in [0.25, 0.3) is 10.0 Å². The van der Waals surface area contributed by atoms with Crippen molar-refractivity contribution < 1.29 is 17.9 Å². The highest BCUT2D eigenvalue weighted by atomic mass is 32.2. The summed E-state index contributed by atoms with van der Waals surface area (Å²) in [5, 5.41) is 0.464. The zero-order valence-electron chi connectivity index (χ0n) is 16.2. The first-order valence-corrected chi connectivity index (χ1v) is 11.8. The van der Waals surface area contributed by atoms with E-state index in [4.69, 9.17) is 9.47 Å². The molecule has 4 aromatic rings. The Morgan fingerprint density at radius 2 is 1.48 bits per heavy atom. The molecule has 9 heteroatoms. The van der Waals surface area contributed by atoms with Gasteiger partial charge in [-0.3, -0.25) is 4.72 Å². The van der Waals surface area contributed by atoms with E-state index < -0.39 is 10.0 Å². The van der Waals surface area contributed by atoms with Crippen molar-refractivity contribution in [2.24, 2.45) is 0 Å². The van der Waals surface area contributed by atoms with E-state index in [1.807, 2.05) is 48.5 Å². The zero-order valence-corrected chi connectivity index (χ0v) is 17.8. The predicted molar refractivity (Wildman–Crippen MR) is 118 cm³/mol. The lowest BCUT2D eigenvalue weighted by Crippen LogP contribution is -2.18. The van der Waals surface area contributed by atoms with Gasteiger partial charge in [-0.05, 0) is 36.4 Å². The van der Waals surface area contributed by atoms with Crippen molar-refractivity contribution in [2.45, 2.75) is 14.8 Å². The number of hydrogen-bond donors (Lipinski definition) is 1. The van der Waals surface area contributed by atoms with Crippen molar-refractivity contribution in [3.05, 3.63) is 72.8 Å². The maximum Gasteiger partial charge on any atom is 0.263 e. The molecule has 0 bridgehead atoms. The van der Waals surface area contributed by atoms with Gasteiger partial charge in [-0.2, -0.15) is 0 Å². The van der Waals surface area contributed by atoms with Crippen molar-refractivity contribution in [3.63, 3.8) is 0 Å². The Kier molecular flexibility index (Phi) is 5.13. The van der Waals surface area contributed by atoms with Crippen LogP contribution in [0.5, 0.6) is 11.5 Å². The van der Waals surface area contributed by atoms with E-state index in [2.05, 4.69) is 14.7 Å². The number of benzene rings is 3. The van der Waals surface area contributed by atoms with Gasteiger partial charge in [0.15, 0.2) is 17.3 Å². The topological polar surface area (TPSA) is 90.4 Å². The van der Waals surface area contributed by atoms with Crippen LogP contribution in [0.1, 0.15) is 0 Å². The van der Waals surface area contributed by atoms with E-state index in [1.54, 1.807) is 12.1 Å². The van der Waals surface area contributed by atoms with Crippen molar-refractivity contribution in [3.8, 4) is 11.5 Å². The minimum absolute atomic E-state index is 0.0577. The summed E-state index contributed by atoms with van der Waals surface area (Å²) < 4.78 is 39.9. The molecule has 1 aromatic heterocycles. The number of nitrogens with zero attached hydrogens (tertiary/aromatic N) is 2. The molecule has 0 spiro atoms. The molecule has 1 aliphatic rings. The Morgan fingerprint density at radius 1 is 0.806 bits per heavy atom. The van der Waals surface area contributed by atoms with Gasteiger partial charge >= 0.3 is 0 Å². The second-order valence-electron chi connectivity index (χ2n) is 6.69. The lowest BCUT2D eigenvalue weighted by atomic mass is 10.3. The second kappa shape index (κ2) is 8.09. The number of fused-ring (bicyclic) bond motifs is 2. The fourth-order valence-electron chi connectivity index (χ4n) is 3.10. The average Bonchev–Trinajstić information content (AvgIpc) is 2.79. The third-order valence-electron chi connectivity index (χ3n) is 4.55. The number of hydrogen-bond acceptors (Lipinski definition) is 7. The molecule has 1 N–H and O–H groups in total. The summed E-state index contributed by atoms with van der Waals surface area (Å²) in [5.41, 5.74) is 1.28. The molecule has 0 radical (unpaired) electrons. The molecule has 1 aliphatic heterocycles. The number of rotatable bonds is 5. The van der Waals surface area contributed by atoms with Crippen LogP contribution in [0.25, 0.3) is 11.0 Å². The first kappa shape index (κ1) is 19.7.